The number of carbonyl (C=O) groups is 2. The van der Waals surface area contributed by atoms with E-state index in [2.05, 4.69) is 0 Å². The molecule has 0 aromatic rings. The minimum absolute atomic E-state index is 0.0385. The van der Waals surface area contributed by atoms with Gasteiger partial charge in [0.2, 0.25) is 5.91 Å². The van der Waals surface area contributed by atoms with Crippen LogP contribution in [0.25, 0.3) is 0 Å². The molecule has 2 aliphatic heterocycles. The largest absolute Gasteiger partial charge is 0.481 e. The fourth-order valence-corrected chi connectivity index (χ4v) is 5.91. The van der Waals surface area contributed by atoms with E-state index in [0.717, 1.165) is 25.7 Å². The maximum Gasteiger partial charge on any atom is 0.303 e. The molecule has 3 rings (SSSR count). The molecule has 2 atom stereocenters. The molecule has 130 valence electrons. The fraction of sp³-hybridized carbons (Fsp3) is 0.875. The Balaban J connectivity index is 1.62. The molecule has 3 fully saturated rings. The molecule has 0 aromatic heterocycles. The van der Waals surface area contributed by atoms with Crippen molar-refractivity contribution in [1.82, 2.24) is 4.90 Å². The molecule has 0 radical (unpaired) electrons. The van der Waals surface area contributed by atoms with E-state index in [1.807, 2.05) is 4.90 Å². The Morgan fingerprint density at radius 2 is 1.87 bits per heavy atom. The van der Waals surface area contributed by atoms with Gasteiger partial charge in [0.1, 0.15) is 9.84 Å². The number of nitrogens with zero attached hydrogens (tertiary/aromatic N) is 1. The zero-order valence-corrected chi connectivity index (χ0v) is 14.2. The molecule has 7 heteroatoms. The monoisotopic (exact) mass is 343 g/mol. The van der Waals surface area contributed by atoms with Crippen LogP contribution in [0.5, 0.6) is 0 Å². The lowest BCUT2D eigenvalue weighted by Crippen LogP contribution is -2.45. The number of hydrogen-bond donors (Lipinski definition) is 1. The van der Waals surface area contributed by atoms with Gasteiger partial charge in [0.05, 0.1) is 11.5 Å². The predicted octanol–water partition coefficient (Wildman–Crippen LogP) is 1.45. The first-order valence-electron chi connectivity index (χ1n) is 8.56. The minimum Gasteiger partial charge on any atom is -0.481 e. The zero-order chi connectivity index (χ0) is 16.7. The smallest absolute Gasteiger partial charge is 0.303 e. The Morgan fingerprint density at radius 3 is 2.52 bits per heavy atom. The van der Waals surface area contributed by atoms with E-state index < -0.39 is 15.8 Å². The predicted molar refractivity (Wildman–Crippen MR) is 84.6 cm³/mol. The summed E-state index contributed by atoms with van der Waals surface area (Å²) in [7, 11) is -2.91. The minimum atomic E-state index is -2.91. The van der Waals surface area contributed by atoms with Crippen molar-refractivity contribution in [3.8, 4) is 0 Å². The van der Waals surface area contributed by atoms with Crippen molar-refractivity contribution >= 4 is 21.7 Å². The van der Waals surface area contributed by atoms with Gasteiger partial charge in [-0.05, 0) is 50.4 Å². The van der Waals surface area contributed by atoms with Crippen LogP contribution in [0, 0.1) is 11.3 Å². The Hall–Kier alpha value is -1.11. The summed E-state index contributed by atoms with van der Waals surface area (Å²) in [5.41, 5.74) is -0.0861. The third kappa shape index (κ3) is 3.54. The standard InChI is InChI=1S/C16H25NO5S/c18-14(19)5-4-12-3-1-2-8-17(12)15(20)13-11-16(13)6-9-23(21,22)10-7-16/h12-13H,1-11H2,(H,18,19). The third-order valence-electron chi connectivity index (χ3n) is 5.91. The van der Waals surface area contributed by atoms with Crippen LogP contribution in [0.4, 0.5) is 0 Å². The van der Waals surface area contributed by atoms with Gasteiger partial charge in [0.25, 0.3) is 0 Å². The van der Waals surface area contributed by atoms with E-state index in [-0.39, 0.29) is 41.2 Å². The van der Waals surface area contributed by atoms with Crippen LogP contribution in [0.3, 0.4) is 0 Å². The highest BCUT2D eigenvalue weighted by Gasteiger charge is 2.60. The van der Waals surface area contributed by atoms with Gasteiger partial charge in [0, 0.05) is 24.9 Å². The van der Waals surface area contributed by atoms with Gasteiger partial charge in [0.15, 0.2) is 0 Å². The molecule has 23 heavy (non-hydrogen) atoms. The molecule has 6 nitrogen and oxygen atoms in total. The molecule has 2 saturated heterocycles. The van der Waals surface area contributed by atoms with Crippen LogP contribution in [0.15, 0.2) is 0 Å². The van der Waals surface area contributed by atoms with Crippen molar-refractivity contribution < 1.29 is 23.1 Å². The number of carbonyl (C=O) groups excluding carboxylic acids is 1. The van der Waals surface area contributed by atoms with Gasteiger partial charge < -0.3 is 10.0 Å². The first kappa shape index (κ1) is 16.7. The summed E-state index contributed by atoms with van der Waals surface area (Å²) in [5.74, 6) is -0.301. The second-order valence-electron chi connectivity index (χ2n) is 7.38. The number of aliphatic carboxylic acids is 1. The van der Waals surface area contributed by atoms with E-state index in [0.29, 0.717) is 25.8 Å². The molecule has 1 amide bonds. The number of amides is 1. The lowest BCUT2D eigenvalue weighted by molar-refractivity contribution is -0.141. The van der Waals surface area contributed by atoms with Crippen LogP contribution in [0.1, 0.15) is 51.4 Å². The summed E-state index contributed by atoms with van der Waals surface area (Å²) < 4.78 is 23.2. The summed E-state index contributed by atoms with van der Waals surface area (Å²) in [6, 6.07) is 0.0392. The number of likely N-dealkylation sites (tertiary alicyclic amines) is 1. The number of piperidine rings is 1. The van der Waals surface area contributed by atoms with Gasteiger partial charge in [-0.3, -0.25) is 9.59 Å². The summed E-state index contributed by atoms with van der Waals surface area (Å²) in [6.45, 7) is 0.716. The van der Waals surface area contributed by atoms with Crippen LogP contribution < -0.4 is 0 Å². The summed E-state index contributed by atoms with van der Waals surface area (Å²) in [5, 5.41) is 8.88. The maximum absolute atomic E-state index is 12.9. The molecule has 1 saturated carbocycles. The van der Waals surface area contributed by atoms with Crippen molar-refractivity contribution in [3.05, 3.63) is 0 Å². The fourth-order valence-electron chi connectivity index (χ4n) is 4.28. The molecule has 1 N–H and O–H groups in total. The molecular weight excluding hydrogens is 318 g/mol. The maximum atomic E-state index is 12.9. The average molecular weight is 343 g/mol. The van der Waals surface area contributed by atoms with Crippen molar-refractivity contribution in [1.29, 1.82) is 0 Å². The van der Waals surface area contributed by atoms with Gasteiger partial charge in [-0.1, -0.05) is 0 Å². The molecule has 2 heterocycles. The van der Waals surface area contributed by atoms with E-state index in [1.54, 1.807) is 0 Å². The number of rotatable bonds is 4. The SMILES string of the molecule is O=C(O)CCC1CCCCN1C(=O)C1CC12CCS(=O)(=O)CC2. The Bertz CT molecular complexity index is 586. The average Bonchev–Trinajstić information content (AvgIpc) is 3.23. The van der Waals surface area contributed by atoms with Crippen molar-refractivity contribution in [3.63, 3.8) is 0 Å². The highest BCUT2D eigenvalue weighted by molar-refractivity contribution is 7.91. The molecule has 0 aromatic carbocycles. The van der Waals surface area contributed by atoms with E-state index >= 15 is 0 Å². The Labute approximate surface area is 137 Å². The molecule has 1 aliphatic carbocycles. The molecule has 0 bridgehead atoms. The zero-order valence-electron chi connectivity index (χ0n) is 13.4. The van der Waals surface area contributed by atoms with Crippen molar-refractivity contribution in [2.45, 2.75) is 57.4 Å². The van der Waals surface area contributed by atoms with Crippen LogP contribution >= 0.6 is 0 Å². The summed E-state index contributed by atoms with van der Waals surface area (Å²) in [4.78, 5) is 25.6. The normalized spacial score (nSPS) is 31.7. The van der Waals surface area contributed by atoms with Gasteiger partial charge in [-0.25, -0.2) is 8.42 Å². The van der Waals surface area contributed by atoms with Crippen LogP contribution in [0.2, 0.25) is 0 Å². The van der Waals surface area contributed by atoms with Gasteiger partial charge >= 0.3 is 5.97 Å². The highest BCUT2D eigenvalue weighted by atomic mass is 32.2. The number of carboxylic acid groups (broad SMARTS) is 1. The number of hydrogen-bond acceptors (Lipinski definition) is 4. The third-order valence-corrected chi connectivity index (χ3v) is 7.56. The Kier molecular flexibility index (Phi) is 4.42. The Morgan fingerprint density at radius 1 is 1.17 bits per heavy atom. The topological polar surface area (TPSA) is 91.8 Å². The summed E-state index contributed by atoms with van der Waals surface area (Å²) >= 11 is 0. The lowest BCUT2D eigenvalue weighted by atomic mass is 9.93. The number of sulfone groups is 1. The quantitative estimate of drug-likeness (QED) is 0.834. The first-order valence-corrected chi connectivity index (χ1v) is 10.4. The van der Waals surface area contributed by atoms with E-state index in [4.69, 9.17) is 5.11 Å². The molecule has 1 spiro atoms. The molecule has 2 unspecified atom stereocenters. The van der Waals surface area contributed by atoms with Gasteiger partial charge in [-0.15, -0.1) is 0 Å². The van der Waals surface area contributed by atoms with Crippen molar-refractivity contribution in [2.24, 2.45) is 11.3 Å². The van der Waals surface area contributed by atoms with E-state index in [1.165, 1.54) is 0 Å². The first-order chi connectivity index (χ1) is 10.8. The van der Waals surface area contributed by atoms with Crippen LogP contribution in [-0.2, 0) is 19.4 Å². The highest BCUT2D eigenvalue weighted by Crippen LogP contribution is 2.60. The van der Waals surface area contributed by atoms with Crippen LogP contribution in [-0.4, -0.2) is 54.4 Å². The van der Waals surface area contributed by atoms with Crippen molar-refractivity contribution in [2.75, 3.05) is 18.1 Å². The lowest BCUT2D eigenvalue weighted by Gasteiger charge is -2.36. The second kappa shape index (κ2) is 6.07. The molecule has 3 aliphatic rings. The van der Waals surface area contributed by atoms with Gasteiger partial charge in [-0.2, -0.15) is 0 Å². The second-order valence-corrected chi connectivity index (χ2v) is 9.69. The number of carboxylic acids is 1. The molecular formula is C16H25NO5S. The van der Waals surface area contributed by atoms with E-state index in [9.17, 15) is 18.0 Å². The summed E-state index contributed by atoms with van der Waals surface area (Å²) in [6.07, 6.45) is 5.55.